The molecule has 0 aromatic heterocycles. The number of methoxy groups -OCH3 is 2. The molecule has 1 aliphatic heterocycles. The standard InChI is InChI=1S/C28H32O4/c1-16-11-18(3)24(19(4)12-16)26-25-20(5)13-17(2)15-27(25,6)32-28(26,29)21-9-10-22(30-7)23(14-21)31-8/h9-15,29H,1-8H3. The summed E-state index contributed by atoms with van der Waals surface area (Å²) >= 11 is 0. The lowest BCUT2D eigenvalue weighted by Crippen LogP contribution is -2.35. The van der Waals surface area contributed by atoms with Crippen LogP contribution < -0.4 is 9.47 Å². The summed E-state index contributed by atoms with van der Waals surface area (Å²) in [5.41, 5.74) is 8.28. The van der Waals surface area contributed by atoms with Crippen molar-refractivity contribution in [2.75, 3.05) is 14.2 Å². The minimum Gasteiger partial charge on any atom is -0.493 e. The average Bonchev–Trinajstić information content (AvgIpc) is 2.94. The van der Waals surface area contributed by atoms with Gasteiger partial charge < -0.3 is 19.3 Å². The molecule has 0 fully saturated rings. The summed E-state index contributed by atoms with van der Waals surface area (Å²) in [4.78, 5) is 0. The third-order valence-corrected chi connectivity index (χ3v) is 6.49. The number of aliphatic hydroxyl groups is 1. The monoisotopic (exact) mass is 432 g/mol. The van der Waals surface area contributed by atoms with Crippen molar-refractivity contribution < 1.29 is 19.3 Å². The zero-order valence-electron chi connectivity index (χ0n) is 20.2. The van der Waals surface area contributed by atoms with Gasteiger partial charge >= 0.3 is 0 Å². The summed E-state index contributed by atoms with van der Waals surface area (Å²) in [5, 5.41) is 12.3. The number of rotatable bonds is 4. The van der Waals surface area contributed by atoms with Gasteiger partial charge in [0.1, 0.15) is 5.60 Å². The van der Waals surface area contributed by atoms with Gasteiger partial charge in [0.2, 0.25) is 5.79 Å². The Morgan fingerprint density at radius 3 is 2.06 bits per heavy atom. The quantitative estimate of drug-likeness (QED) is 0.651. The molecule has 4 nitrogen and oxygen atoms in total. The van der Waals surface area contributed by atoms with E-state index in [1.165, 1.54) is 5.56 Å². The minimum atomic E-state index is -1.66. The van der Waals surface area contributed by atoms with Gasteiger partial charge in [0.05, 0.1) is 14.2 Å². The molecular formula is C28H32O4. The van der Waals surface area contributed by atoms with Crippen molar-refractivity contribution >= 4 is 5.57 Å². The van der Waals surface area contributed by atoms with Crippen LogP contribution in [-0.4, -0.2) is 24.9 Å². The molecule has 0 amide bonds. The number of benzene rings is 2. The molecule has 0 bridgehead atoms. The molecule has 2 atom stereocenters. The maximum Gasteiger partial charge on any atom is 0.222 e. The number of hydrogen-bond donors (Lipinski definition) is 1. The van der Waals surface area contributed by atoms with Crippen molar-refractivity contribution in [3.8, 4) is 11.5 Å². The molecule has 0 saturated carbocycles. The van der Waals surface area contributed by atoms with E-state index in [1.807, 2.05) is 13.0 Å². The normalized spacial score (nSPS) is 24.8. The van der Waals surface area contributed by atoms with E-state index >= 15 is 0 Å². The van der Waals surface area contributed by atoms with Crippen LogP contribution in [-0.2, 0) is 10.5 Å². The van der Waals surface area contributed by atoms with Crippen LogP contribution >= 0.6 is 0 Å². The summed E-state index contributed by atoms with van der Waals surface area (Å²) in [6.07, 6.45) is 4.24. The van der Waals surface area contributed by atoms with Crippen molar-refractivity contribution in [2.24, 2.45) is 0 Å². The lowest BCUT2D eigenvalue weighted by atomic mass is 9.77. The van der Waals surface area contributed by atoms with Gasteiger partial charge in [0, 0.05) is 16.7 Å². The molecule has 0 spiro atoms. The van der Waals surface area contributed by atoms with Crippen LogP contribution in [0.25, 0.3) is 5.57 Å². The molecule has 2 unspecified atom stereocenters. The van der Waals surface area contributed by atoms with Crippen LogP contribution in [0.2, 0.25) is 0 Å². The SMILES string of the molecule is COc1ccc(C2(O)OC3(C)C=C(C)C=C(C)C3=C2c2c(C)cc(C)cc2C)cc1OC. The summed E-state index contributed by atoms with van der Waals surface area (Å²) in [6.45, 7) is 12.5. The first-order chi connectivity index (χ1) is 15.0. The van der Waals surface area contributed by atoms with Gasteiger partial charge in [-0.25, -0.2) is 0 Å². The second-order valence-electron chi connectivity index (χ2n) is 9.16. The fourth-order valence-electron chi connectivity index (χ4n) is 5.53. The summed E-state index contributed by atoms with van der Waals surface area (Å²) in [5.74, 6) is -0.516. The highest BCUT2D eigenvalue weighted by molar-refractivity contribution is 5.86. The molecule has 2 aliphatic rings. The van der Waals surface area contributed by atoms with Gasteiger partial charge in [0.15, 0.2) is 11.5 Å². The Bertz CT molecular complexity index is 1180. The van der Waals surface area contributed by atoms with Crippen LogP contribution in [0.3, 0.4) is 0 Å². The predicted octanol–water partition coefficient (Wildman–Crippen LogP) is 5.92. The fraction of sp³-hybridized carbons (Fsp3) is 0.357. The molecule has 0 radical (unpaired) electrons. The number of fused-ring (bicyclic) bond motifs is 1. The molecule has 4 rings (SSSR count). The largest absolute Gasteiger partial charge is 0.493 e. The molecule has 1 heterocycles. The maximum absolute atomic E-state index is 12.3. The Hall–Kier alpha value is -2.82. The highest BCUT2D eigenvalue weighted by atomic mass is 16.6. The van der Waals surface area contributed by atoms with E-state index in [4.69, 9.17) is 14.2 Å². The molecule has 1 N–H and O–H groups in total. The Balaban J connectivity index is 2.08. The van der Waals surface area contributed by atoms with Crippen molar-refractivity contribution in [1.29, 1.82) is 0 Å². The topological polar surface area (TPSA) is 47.9 Å². The predicted molar refractivity (Wildman–Crippen MR) is 128 cm³/mol. The average molecular weight is 433 g/mol. The van der Waals surface area contributed by atoms with Gasteiger partial charge in [-0.2, -0.15) is 0 Å². The number of allylic oxidation sites excluding steroid dienone is 2. The number of hydrogen-bond acceptors (Lipinski definition) is 4. The van der Waals surface area contributed by atoms with Crippen LogP contribution in [0.4, 0.5) is 0 Å². The van der Waals surface area contributed by atoms with E-state index in [9.17, 15) is 5.11 Å². The molecule has 2 aromatic rings. The zero-order valence-corrected chi connectivity index (χ0v) is 20.2. The van der Waals surface area contributed by atoms with E-state index in [2.05, 4.69) is 58.9 Å². The van der Waals surface area contributed by atoms with E-state index < -0.39 is 11.4 Å². The Kier molecular flexibility index (Phi) is 5.35. The van der Waals surface area contributed by atoms with E-state index in [0.717, 1.165) is 39.0 Å². The van der Waals surface area contributed by atoms with Gasteiger partial charge in [-0.05, 0) is 88.1 Å². The second-order valence-corrected chi connectivity index (χ2v) is 9.16. The Labute approximate surface area is 190 Å². The van der Waals surface area contributed by atoms with Crippen molar-refractivity contribution in [3.63, 3.8) is 0 Å². The highest BCUT2D eigenvalue weighted by Gasteiger charge is 2.54. The fourth-order valence-corrected chi connectivity index (χ4v) is 5.53. The second kappa shape index (κ2) is 7.65. The minimum absolute atomic E-state index is 0.544. The summed E-state index contributed by atoms with van der Waals surface area (Å²) in [6, 6.07) is 9.76. The molecule has 32 heavy (non-hydrogen) atoms. The third kappa shape index (κ3) is 3.30. The maximum atomic E-state index is 12.3. The Morgan fingerprint density at radius 2 is 1.47 bits per heavy atom. The third-order valence-electron chi connectivity index (χ3n) is 6.49. The Morgan fingerprint density at radius 1 is 0.844 bits per heavy atom. The zero-order chi connectivity index (χ0) is 23.4. The highest BCUT2D eigenvalue weighted by Crippen LogP contribution is 2.57. The van der Waals surface area contributed by atoms with Gasteiger partial charge in [0.25, 0.3) is 0 Å². The van der Waals surface area contributed by atoms with Gasteiger partial charge in [-0.3, -0.25) is 0 Å². The molecule has 0 saturated heterocycles. The van der Waals surface area contributed by atoms with E-state index in [1.54, 1.807) is 26.4 Å². The first-order valence-corrected chi connectivity index (χ1v) is 10.9. The van der Waals surface area contributed by atoms with Crippen molar-refractivity contribution in [1.82, 2.24) is 0 Å². The first-order valence-electron chi connectivity index (χ1n) is 10.9. The van der Waals surface area contributed by atoms with Crippen LogP contribution in [0.5, 0.6) is 11.5 Å². The first kappa shape index (κ1) is 22.4. The lowest BCUT2D eigenvalue weighted by molar-refractivity contribution is -0.192. The molecule has 2 aromatic carbocycles. The molecule has 4 heteroatoms. The molecular weight excluding hydrogens is 400 g/mol. The van der Waals surface area contributed by atoms with Crippen molar-refractivity contribution in [3.05, 3.63) is 87.0 Å². The van der Waals surface area contributed by atoms with Crippen molar-refractivity contribution in [2.45, 2.75) is 52.9 Å². The number of aryl methyl sites for hydroxylation is 3. The van der Waals surface area contributed by atoms with E-state index in [-0.39, 0.29) is 0 Å². The smallest absolute Gasteiger partial charge is 0.222 e. The summed E-state index contributed by atoms with van der Waals surface area (Å²) in [7, 11) is 3.19. The summed E-state index contributed by atoms with van der Waals surface area (Å²) < 4.78 is 17.6. The van der Waals surface area contributed by atoms with Gasteiger partial charge in [-0.1, -0.05) is 29.3 Å². The van der Waals surface area contributed by atoms with E-state index in [0.29, 0.717) is 17.1 Å². The lowest BCUT2D eigenvalue weighted by Gasteiger charge is -2.32. The number of ether oxygens (including phenoxy) is 3. The van der Waals surface area contributed by atoms with Crippen LogP contribution in [0.15, 0.2) is 59.2 Å². The van der Waals surface area contributed by atoms with Crippen LogP contribution in [0, 0.1) is 20.8 Å². The van der Waals surface area contributed by atoms with Crippen LogP contribution in [0.1, 0.15) is 48.6 Å². The molecule has 1 aliphatic carbocycles. The molecule has 168 valence electrons. The van der Waals surface area contributed by atoms with Gasteiger partial charge in [-0.15, -0.1) is 0 Å².